The van der Waals surface area contributed by atoms with Crippen LogP contribution in [0.4, 0.5) is 17.7 Å². The minimum absolute atomic E-state index is 0.788. The first-order valence-electron chi connectivity index (χ1n) is 9.12. The summed E-state index contributed by atoms with van der Waals surface area (Å²) in [4.78, 5) is 22.7. The Bertz CT molecular complexity index is 860. The van der Waals surface area contributed by atoms with Crippen LogP contribution in [0, 0.1) is 0 Å². The first-order chi connectivity index (χ1) is 12.8. The summed E-state index contributed by atoms with van der Waals surface area (Å²) in [7, 11) is 0. The second-order valence-corrected chi connectivity index (χ2v) is 6.34. The molecule has 4 rings (SSSR count). The second kappa shape index (κ2) is 7.51. The summed E-state index contributed by atoms with van der Waals surface area (Å²) in [6.07, 6.45) is 4.63. The molecule has 3 heterocycles. The molecule has 1 N–H and O–H groups in total. The van der Waals surface area contributed by atoms with Gasteiger partial charge in [-0.3, -0.25) is 0 Å². The summed E-state index contributed by atoms with van der Waals surface area (Å²) in [5.41, 5.74) is 0.977. The molecule has 1 aliphatic heterocycles. The van der Waals surface area contributed by atoms with Gasteiger partial charge in [0.05, 0.1) is 5.52 Å². The topological polar surface area (TPSA) is 70.1 Å². The van der Waals surface area contributed by atoms with Gasteiger partial charge in [-0.2, -0.15) is 4.98 Å². The molecule has 0 radical (unpaired) electrons. The maximum Gasteiger partial charge on any atom is 0.228 e. The fourth-order valence-electron chi connectivity index (χ4n) is 3.14. The average Bonchev–Trinajstić information content (AvgIpc) is 2.72. The highest BCUT2D eigenvalue weighted by Crippen LogP contribution is 2.24. The molecule has 1 aromatic carbocycles. The van der Waals surface area contributed by atoms with E-state index in [0.717, 1.165) is 67.8 Å². The minimum Gasteiger partial charge on any atom is -0.369 e. The van der Waals surface area contributed by atoms with Crippen LogP contribution in [0.3, 0.4) is 0 Å². The van der Waals surface area contributed by atoms with Gasteiger partial charge < -0.3 is 15.1 Å². The van der Waals surface area contributed by atoms with Crippen molar-refractivity contribution in [3.05, 3.63) is 42.7 Å². The third-order valence-corrected chi connectivity index (χ3v) is 4.53. The highest BCUT2D eigenvalue weighted by atomic mass is 15.4. The molecule has 1 aliphatic rings. The lowest BCUT2D eigenvalue weighted by atomic mass is 10.2. The van der Waals surface area contributed by atoms with Gasteiger partial charge in [0.1, 0.15) is 5.82 Å². The van der Waals surface area contributed by atoms with Crippen molar-refractivity contribution in [2.75, 3.05) is 47.8 Å². The third-order valence-electron chi connectivity index (χ3n) is 4.53. The SMILES string of the molecule is CCCNc1nc(N2CCN(c3ncccn3)CC2)nc2ccccc12. The number of benzene rings is 1. The van der Waals surface area contributed by atoms with Crippen LogP contribution in [0.15, 0.2) is 42.7 Å². The van der Waals surface area contributed by atoms with Crippen LogP contribution in [0.2, 0.25) is 0 Å². The Morgan fingerprint density at radius 1 is 0.885 bits per heavy atom. The first-order valence-corrected chi connectivity index (χ1v) is 9.12. The van der Waals surface area contributed by atoms with Crippen molar-refractivity contribution < 1.29 is 0 Å². The number of hydrogen-bond acceptors (Lipinski definition) is 7. The fourth-order valence-corrected chi connectivity index (χ4v) is 3.14. The largest absolute Gasteiger partial charge is 0.369 e. The Labute approximate surface area is 153 Å². The molecule has 0 unspecified atom stereocenters. The number of rotatable bonds is 5. The van der Waals surface area contributed by atoms with Gasteiger partial charge >= 0.3 is 0 Å². The molecule has 0 aliphatic carbocycles. The predicted octanol–water partition coefficient (Wildman–Crippen LogP) is 2.57. The molecule has 1 saturated heterocycles. The summed E-state index contributed by atoms with van der Waals surface area (Å²) in [6, 6.07) is 10.0. The second-order valence-electron chi connectivity index (χ2n) is 6.34. The van der Waals surface area contributed by atoms with Crippen molar-refractivity contribution in [1.82, 2.24) is 19.9 Å². The molecule has 134 valence electrons. The quantitative estimate of drug-likeness (QED) is 0.759. The molecular weight excluding hydrogens is 326 g/mol. The minimum atomic E-state index is 0.788. The van der Waals surface area contributed by atoms with Crippen molar-refractivity contribution in [3.8, 4) is 0 Å². The van der Waals surface area contributed by atoms with Crippen LogP contribution < -0.4 is 15.1 Å². The van der Waals surface area contributed by atoms with Gasteiger partial charge in [-0.05, 0) is 24.6 Å². The van der Waals surface area contributed by atoms with E-state index in [-0.39, 0.29) is 0 Å². The van der Waals surface area contributed by atoms with E-state index < -0.39 is 0 Å². The molecule has 0 spiro atoms. The molecular formula is C19H23N7. The number of para-hydroxylation sites is 1. The van der Waals surface area contributed by atoms with E-state index in [1.54, 1.807) is 12.4 Å². The lowest BCUT2D eigenvalue weighted by Gasteiger charge is -2.34. The van der Waals surface area contributed by atoms with Crippen LogP contribution in [0.25, 0.3) is 10.9 Å². The van der Waals surface area contributed by atoms with Gasteiger partial charge in [0.15, 0.2) is 0 Å². The van der Waals surface area contributed by atoms with Gasteiger partial charge in [0, 0.05) is 50.5 Å². The van der Waals surface area contributed by atoms with E-state index in [9.17, 15) is 0 Å². The number of aromatic nitrogens is 4. The Hall–Kier alpha value is -2.96. The molecule has 3 aromatic rings. The van der Waals surface area contributed by atoms with E-state index in [1.165, 1.54) is 0 Å². The predicted molar refractivity (Wildman–Crippen MR) is 105 cm³/mol. The Morgan fingerprint density at radius 2 is 1.58 bits per heavy atom. The van der Waals surface area contributed by atoms with E-state index in [4.69, 9.17) is 9.97 Å². The molecule has 0 bridgehead atoms. The molecule has 7 heteroatoms. The molecule has 0 saturated carbocycles. The van der Waals surface area contributed by atoms with Crippen molar-refractivity contribution >= 4 is 28.6 Å². The van der Waals surface area contributed by atoms with Crippen LogP contribution >= 0.6 is 0 Å². The lowest BCUT2D eigenvalue weighted by Crippen LogP contribution is -2.47. The number of hydrogen-bond donors (Lipinski definition) is 1. The van der Waals surface area contributed by atoms with Gasteiger partial charge in [-0.25, -0.2) is 15.0 Å². The number of nitrogens with zero attached hydrogens (tertiary/aromatic N) is 6. The van der Waals surface area contributed by atoms with E-state index in [1.807, 2.05) is 24.3 Å². The zero-order valence-corrected chi connectivity index (χ0v) is 15.0. The number of fused-ring (bicyclic) bond motifs is 1. The van der Waals surface area contributed by atoms with Crippen molar-refractivity contribution in [2.24, 2.45) is 0 Å². The van der Waals surface area contributed by atoms with E-state index >= 15 is 0 Å². The summed E-state index contributed by atoms with van der Waals surface area (Å²) in [5.74, 6) is 2.49. The smallest absolute Gasteiger partial charge is 0.228 e. The van der Waals surface area contributed by atoms with E-state index in [0.29, 0.717) is 0 Å². The maximum atomic E-state index is 4.81. The van der Waals surface area contributed by atoms with Gasteiger partial charge in [-0.1, -0.05) is 19.1 Å². The molecule has 2 aromatic heterocycles. The summed E-state index contributed by atoms with van der Waals surface area (Å²) < 4.78 is 0. The normalized spacial score (nSPS) is 14.7. The molecule has 7 nitrogen and oxygen atoms in total. The first kappa shape index (κ1) is 16.5. The van der Waals surface area contributed by atoms with Crippen LogP contribution in [0.5, 0.6) is 0 Å². The number of piperazine rings is 1. The third kappa shape index (κ3) is 3.37. The average molecular weight is 349 g/mol. The zero-order valence-electron chi connectivity index (χ0n) is 15.0. The molecule has 0 amide bonds. The summed E-state index contributed by atoms with van der Waals surface area (Å²) >= 11 is 0. The molecule has 1 fully saturated rings. The van der Waals surface area contributed by atoms with E-state index in [2.05, 4.69) is 38.1 Å². The fraction of sp³-hybridized carbons (Fsp3) is 0.368. The Morgan fingerprint density at radius 3 is 2.31 bits per heavy atom. The van der Waals surface area contributed by atoms with Gasteiger partial charge in [0.25, 0.3) is 0 Å². The van der Waals surface area contributed by atoms with Gasteiger partial charge in [-0.15, -0.1) is 0 Å². The van der Waals surface area contributed by atoms with Gasteiger partial charge in [0.2, 0.25) is 11.9 Å². The van der Waals surface area contributed by atoms with Crippen LogP contribution in [-0.2, 0) is 0 Å². The monoisotopic (exact) mass is 349 g/mol. The van der Waals surface area contributed by atoms with Crippen LogP contribution in [-0.4, -0.2) is 52.7 Å². The van der Waals surface area contributed by atoms with Crippen molar-refractivity contribution in [2.45, 2.75) is 13.3 Å². The summed E-state index contributed by atoms with van der Waals surface area (Å²) in [6.45, 7) is 6.48. The highest BCUT2D eigenvalue weighted by Gasteiger charge is 2.21. The Kier molecular flexibility index (Phi) is 4.77. The molecule has 26 heavy (non-hydrogen) atoms. The maximum absolute atomic E-state index is 4.81. The lowest BCUT2D eigenvalue weighted by molar-refractivity contribution is 0.629. The highest BCUT2D eigenvalue weighted by molar-refractivity contribution is 5.90. The zero-order chi connectivity index (χ0) is 17.8. The number of nitrogens with one attached hydrogen (secondary N) is 1. The standard InChI is InChI=1S/C19H23N7/c1-2-8-20-17-15-6-3-4-7-16(15)23-19(24-17)26-13-11-25(12-14-26)18-21-9-5-10-22-18/h3-7,9-10H,2,8,11-14H2,1H3,(H,20,23,24). The van der Waals surface area contributed by atoms with Crippen molar-refractivity contribution in [3.63, 3.8) is 0 Å². The number of anilines is 3. The van der Waals surface area contributed by atoms with Crippen molar-refractivity contribution in [1.29, 1.82) is 0 Å². The summed E-state index contributed by atoms with van der Waals surface area (Å²) in [5, 5.41) is 4.51. The molecule has 0 atom stereocenters. The Balaban J connectivity index is 1.55. The van der Waals surface area contributed by atoms with Crippen LogP contribution in [0.1, 0.15) is 13.3 Å².